The van der Waals surface area contributed by atoms with Crippen molar-refractivity contribution >= 4 is 12.0 Å². The largest absolute Gasteiger partial charge is 0.457 e. The topological polar surface area (TPSA) is 66.0 Å². The molecule has 0 bridgehead atoms. The first-order valence-corrected chi connectivity index (χ1v) is 9.58. The van der Waals surface area contributed by atoms with Gasteiger partial charge in [0.25, 0.3) is 5.91 Å². The van der Waals surface area contributed by atoms with E-state index in [9.17, 15) is 23.2 Å². The Bertz CT molecular complexity index is 1110. The van der Waals surface area contributed by atoms with E-state index in [1.807, 2.05) is 36.4 Å². The van der Waals surface area contributed by atoms with Crippen LogP contribution in [-0.2, 0) is 17.4 Å². The Kier molecular flexibility index (Phi) is 6.93. The molecule has 0 aliphatic rings. The lowest BCUT2D eigenvalue weighted by atomic mass is 10.1. The van der Waals surface area contributed by atoms with E-state index in [0.717, 1.165) is 30.5 Å². The molecule has 1 amide bonds. The van der Waals surface area contributed by atoms with E-state index in [1.54, 1.807) is 0 Å². The summed E-state index contributed by atoms with van der Waals surface area (Å²) in [6.07, 6.45) is -1.68. The van der Waals surface area contributed by atoms with E-state index in [2.05, 4.69) is 5.32 Å². The van der Waals surface area contributed by atoms with E-state index >= 15 is 0 Å². The van der Waals surface area contributed by atoms with Crippen LogP contribution in [0, 0.1) is 11.3 Å². The van der Waals surface area contributed by atoms with Crippen LogP contribution in [0.5, 0.6) is 0 Å². The number of nitrogens with one attached hydrogen (secondary N) is 1. The number of nitrogens with zero attached hydrogens (tertiary/aromatic N) is 1. The Balaban J connectivity index is 1.63. The van der Waals surface area contributed by atoms with Gasteiger partial charge in [-0.15, -0.1) is 0 Å². The number of rotatable bonds is 7. The third kappa shape index (κ3) is 6.09. The van der Waals surface area contributed by atoms with Crippen molar-refractivity contribution in [3.05, 3.63) is 89.2 Å². The highest BCUT2D eigenvalue weighted by Crippen LogP contribution is 2.32. The molecule has 1 heterocycles. The normalized spacial score (nSPS) is 11.7. The van der Waals surface area contributed by atoms with Crippen molar-refractivity contribution in [3.8, 4) is 17.4 Å². The average molecular weight is 424 g/mol. The van der Waals surface area contributed by atoms with Crippen molar-refractivity contribution in [2.45, 2.75) is 19.0 Å². The van der Waals surface area contributed by atoms with Crippen molar-refractivity contribution < 1.29 is 22.4 Å². The fourth-order valence-corrected chi connectivity index (χ4v) is 2.96. The molecule has 1 N–H and O–H groups in total. The zero-order valence-corrected chi connectivity index (χ0v) is 16.4. The second-order valence-electron chi connectivity index (χ2n) is 6.80. The molecule has 0 radical (unpaired) electrons. The lowest BCUT2D eigenvalue weighted by Crippen LogP contribution is -2.25. The van der Waals surface area contributed by atoms with Crippen LogP contribution >= 0.6 is 0 Å². The number of furan rings is 1. The second-order valence-corrected chi connectivity index (χ2v) is 6.80. The molecule has 3 rings (SSSR count). The summed E-state index contributed by atoms with van der Waals surface area (Å²) in [4.78, 5) is 12.3. The molecule has 0 saturated heterocycles. The Morgan fingerprint density at radius 1 is 1.06 bits per heavy atom. The number of amides is 1. The minimum absolute atomic E-state index is 0.148. The number of carbonyl (C=O) groups is 1. The van der Waals surface area contributed by atoms with Gasteiger partial charge in [0.05, 0.1) is 5.56 Å². The molecule has 0 spiro atoms. The number of hydrogen-bond donors (Lipinski definition) is 1. The fraction of sp³-hybridized carbons (Fsp3) is 0.167. The molecule has 0 unspecified atom stereocenters. The van der Waals surface area contributed by atoms with Gasteiger partial charge in [-0.05, 0) is 42.7 Å². The fourth-order valence-electron chi connectivity index (χ4n) is 2.96. The van der Waals surface area contributed by atoms with Crippen LogP contribution in [0.1, 0.15) is 23.3 Å². The Morgan fingerprint density at radius 3 is 2.55 bits per heavy atom. The highest BCUT2D eigenvalue weighted by molar-refractivity contribution is 6.01. The smallest absolute Gasteiger partial charge is 0.416 e. The molecule has 0 fully saturated rings. The maximum atomic E-state index is 12.9. The number of carbonyl (C=O) groups excluding carboxylic acids is 1. The lowest BCUT2D eigenvalue weighted by Gasteiger charge is -2.07. The van der Waals surface area contributed by atoms with Gasteiger partial charge in [-0.1, -0.05) is 42.5 Å². The summed E-state index contributed by atoms with van der Waals surface area (Å²) in [5.74, 6) is -0.131. The summed E-state index contributed by atoms with van der Waals surface area (Å²) >= 11 is 0. The van der Waals surface area contributed by atoms with Crippen LogP contribution < -0.4 is 5.32 Å². The summed E-state index contributed by atoms with van der Waals surface area (Å²) < 4.78 is 44.2. The molecule has 31 heavy (non-hydrogen) atoms. The van der Waals surface area contributed by atoms with Crippen LogP contribution in [0.15, 0.2) is 76.7 Å². The maximum Gasteiger partial charge on any atom is 0.416 e. The third-order valence-electron chi connectivity index (χ3n) is 4.52. The first kappa shape index (κ1) is 21.9. The van der Waals surface area contributed by atoms with Crippen LogP contribution in [0.3, 0.4) is 0 Å². The first-order chi connectivity index (χ1) is 14.9. The van der Waals surface area contributed by atoms with E-state index < -0.39 is 17.6 Å². The van der Waals surface area contributed by atoms with Crippen LogP contribution in [0.25, 0.3) is 17.4 Å². The second kappa shape index (κ2) is 9.81. The summed E-state index contributed by atoms with van der Waals surface area (Å²) in [6.45, 7) is 0.403. The highest BCUT2D eigenvalue weighted by atomic mass is 19.4. The van der Waals surface area contributed by atoms with Crippen molar-refractivity contribution in [3.63, 3.8) is 0 Å². The molecule has 3 aromatic rings. The number of nitriles is 1. The predicted octanol–water partition coefficient (Wildman–Crippen LogP) is 5.62. The highest BCUT2D eigenvalue weighted by Gasteiger charge is 2.30. The molecular weight excluding hydrogens is 405 g/mol. The Labute approximate surface area is 177 Å². The molecule has 0 atom stereocenters. The minimum Gasteiger partial charge on any atom is -0.457 e. The summed E-state index contributed by atoms with van der Waals surface area (Å²) in [7, 11) is 0. The lowest BCUT2D eigenvalue weighted by molar-refractivity contribution is -0.137. The van der Waals surface area contributed by atoms with Crippen molar-refractivity contribution in [1.82, 2.24) is 5.32 Å². The quantitative estimate of drug-likeness (QED) is 0.304. The van der Waals surface area contributed by atoms with E-state index in [4.69, 9.17) is 4.42 Å². The molecule has 4 nitrogen and oxygen atoms in total. The van der Waals surface area contributed by atoms with Gasteiger partial charge >= 0.3 is 6.18 Å². The van der Waals surface area contributed by atoms with Crippen molar-refractivity contribution in [2.24, 2.45) is 0 Å². The number of halogens is 3. The van der Waals surface area contributed by atoms with Gasteiger partial charge in [-0.25, -0.2) is 0 Å². The maximum absolute atomic E-state index is 12.9. The molecule has 1 aromatic heterocycles. The number of alkyl halides is 3. The SMILES string of the molecule is N#C/C(=C/c1ccc(-c2cccc(C(F)(F)F)c2)o1)C(=O)NCCCc1ccccc1. The van der Waals surface area contributed by atoms with Gasteiger partial charge in [0.2, 0.25) is 0 Å². The Hall–Kier alpha value is -3.79. The number of aryl methyl sites for hydroxylation is 1. The van der Waals surface area contributed by atoms with Gasteiger partial charge in [0.1, 0.15) is 23.2 Å². The molecule has 0 aliphatic carbocycles. The van der Waals surface area contributed by atoms with E-state index in [0.29, 0.717) is 6.54 Å². The van der Waals surface area contributed by atoms with Gasteiger partial charge in [0.15, 0.2) is 0 Å². The van der Waals surface area contributed by atoms with E-state index in [-0.39, 0.29) is 22.7 Å². The molecule has 2 aromatic carbocycles. The van der Waals surface area contributed by atoms with Crippen molar-refractivity contribution in [2.75, 3.05) is 6.54 Å². The van der Waals surface area contributed by atoms with Gasteiger partial charge in [0, 0.05) is 18.2 Å². The third-order valence-corrected chi connectivity index (χ3v) is 4.52. The molecule has 0 aliphatic heterocycles. The summed E-state index contributed by atoms with van der Waals surface area (Å²) in [5, 5.41) is 12.0. The van der Waals surface area contributed by atoms with Crippen LogP contribution in [0.4, 0.5) is 13.2 Å². The zero-order chi connectivity index (χ0) is 22.3. The monoisotopic (exact) mass is 424 g/mol. The van der Waals surface area contributed by atoms with Gasteiger partial charge < -0.3 is 9.73 Å². The van der Waals surface area contributed by atoms with Gasteiger partial charge in [-0.2, -0.15) is 18.4 Å². The van der Waals surface area contributed by atoms with E-state index in [1.165, 1.54) is 30.3 Å². The molecule has 0 saturated carbocycles. The zero-order valence-electron chi connectivity index (χ0n) is 16.4. The van der Waals surface area contributed by atoms with Crippen LogP contribution in [-0.4, -0.2) is 12.5 Å². The minimum atomic E-state index is -4.46. The number of hydrogen-bond acceptors (Lipinski definition) is 3. The standard InChI is InChI=1S/C24H19F3N2O2/c25-24(26,27)20-10-4-9-18(14-20)22-12-11-21(31-22)15-19(16-28)23(30)29-13-5-8-17-6-2-1-3-7-17/h1-4,6-7,9-12,14-15H,5,8,13H2,(H,29,30)/b19-15-. The molecule has 158 valence electrons. The number of benzene rings is 2. The average Bonchev–Trinajstić information content (AvgIpc) is 3.24. The summed E-state index contributed by atoms with van der Waals surface area (Å²) in [5.41, 5.74) is 0.472. The molecule has 7 heteroatoms. The van der Waals surface area contributed by atoms with Crippen molar-refractivity contribution in [1.29, 1.82) is 5.26 Å². The Morgan fingerprint density at radius 2 is 1.84 bits per heavy atom. The summed E-state index contributed by atoms with van der Waals surface area (Å²) in [6, 6.07) is 19.4. The molecular formula is C24H19F3N2O2. The van der Waals surface area contributed by atoms with Crippen LogP contribution in [0.2, 0.25) is 0 Å². The first-order valence-electron chi connectivity index (χ1n) is 9.58. The predicted molar refractivity (Wildman–Crippen MR) is 111 cm³/mol. The van der Waals surface area contributed by atoms with Gasteiger partial charge in [-0.3, -0.25) is 4.79 Å².